The van der Waals surface area contributed by atoms with Crippen molar-refractivity contribution in [1.29, 1.82) is 0 Å². The summed E-state index contributed by atoms with van der Waals surface area (Å²) < 4.78 is 14.8. The van der Waals surface area contributed by atoms with Gasteiger partial charge < -0.3 is 29.5 Å². The Labute approximate surface area is 177 Å². The summed E-state index contributed by atoms with van der Waals surface area (Å²) in [5, 5.41) is 12.6. The third-order valence-electron chi connectivity index (χ3n) is 4.21. The number of hydrogen-bond acceptors (Lipinski definition) is 7. The average molecular weight is 424 g/mol. The van der Waals surface area contributed by atoms with Crippen molar-refractivity contribution in [2.45, 2.75) is 64.6 Å². The van der Waals surface area contributed by atoms with E-state index in [4.69, 9.17) is 9.47 Å². The van der Waals surface area contributed by atoms with Crippen molar-refractivity contribution in [3.05, 3.63) is 35.9 Å². The summed E-state index contributed by atoms with van der Waals surface area (Å²) in [7, 11) is 2.51. The lowest BCUT2D eigenvalue weighted by molar-refractivity contribution is -0.156. The van der Waals surface area contributed by atoms with Gasteiger partial charge in [0.2, 0.25) is 5.91 Å². The van der Waals surface area contributed by atoms with E-state index < -0.39 is 48.4 Å². The zero-order valence-corrected chi connectivity index (χ0v) is 18.4. The summed E-state index contributed by atoms with van der Waals surface area (Å²) in [5.41, 5.74) is 0.0155. The number of methoxy groups -OCH3 is 2. The number of hydrogen-bond donors (Lipinski definition) is 2. The van der Waals surface area contributed by atoms with E-state index in [1.54, 1.807) is 27.7 Å². The smallest absolute Gasteiger partial charge is 0.408 e. The van der Waals surface area contributed by atoms with Crippen LogP contribution >= 0.6 is 0 Å². The average Bonchev–Trinajstić information content (AvgIpc) is 2.69. The monoisotopic (exact) mass is 424 g/mol. The van der Waals surface area contributed by atoms with Crippen molar-refractivity contribution >= 4 is 18.0 Å². The van der Waals surface area contributed by atoms with Crippen LogP contribution in [0.25, 0.3) is 0 Å². The summed E-state index contributed by atoms with van der Waals surface area (Å²) in [4.78, 5) is 38.8. The Bertz CT molecular complexity index is 703. The zero-order chi connectivity index (χ0) is 22.9. The second-order valence-corrected chi connectivity index (χ2v) is 7.80. The van der Waals surface area contributed by atoms with Crippen LogP contribution in [0.4, 0.5) is 4.79 Å². The maximum absolute atomic E-state index is 13.3. The standard InChI is InChI=1S/C21H32N2O7/c1-14(19(26)29-6)23(13-15-10-8-7-9-11-15)18(25)16(12-17(24)28-5)22-20(27)30-21(2,3)4/h7-11,14,16,19,26H,12-13H2,1-6H3,(H,22,27)/t14-,16-,19?/m0/s1. The van der Waals surface area contributed by atoms with Gasteiger partial charge >= 0.3 is 12.1 Å². The van der Waals surface area contributed by atoms with Crippen molar-refractivity contribution in [3.63, 3.8) is 0 Å². The largest absolute Gasteiger partial charge is 0.469 e. The van der Waals surface area contributed by atoms with E-state index in [0.717, 1.165) is 5.56 Å². The van der Waals surface area contributed by atoms with Gasteiger partial charge in [0.25, 0.3) is 0 Å². The van der Waals surface area contributed by atoms with Crippen LogP contribution in [0, 0.1) is 0 Å². The summed E-state index contributed by atoms with van der Waals surface area (Å²) in [6.45, 7) is 6.79. The zero-order valence-electron chi connectivity index (χ0n) is 18.4. The van der Waals surface area contributed by atoms with E-state index in [1.165, 1.54) is 19.1 Å². The van der Waals surface area contributed by atoms with Crippen LogP contribution in [-0.2, 0) is 30.3 Å². The molecule has 0 fully saturated rings. The van der Waals surface area contributed by atoms with Gasteiger partial charge in [-0.05, 0) is 33.3 Å². The van der Waals surface area contributed by atoms with E-state index in [2.05, 4.69) is 10.1 Å². The van der Waals surface area contributed by atoms with E-state index in [1.807, 2.05) is 30.3 Å². The van der Waals surface area contributed by atoms with Gasteiger partial charge in [-0.25, -0.2) is 4.79 Å². The van der Waals surface area contributed by atoms with Gasteiger partial charge in [-0.1, -0.05) is 30.3 Å². The van der Waals surface area contributed by atoms with Crippen LogP contribution in [0.15, 0.2) is 30.3 Å². The summed E-state index contributed by atoms with van der Waals surface area (Å²) in [6.07, 6.45) is -2.50. The number of rotatable bonds is 9. The molecule has 0 bridgehead atoms. The predicted octanol–water partition coefficient (Wildman–Crippen LogP) is 1.82. The Morgan fingerprint density at radius 1 is 1.13 bits per heavy atom. The molecule has 0 radical (unpaired) electrons. The van der Waals surface area contributed by atoms with Gasteiger partial charge in [0.15, 0.2) is 6.29 Å². The van der Waals surface area contributed by atoms with Gasteiger partial charge in [-0.15, -0.1) is 0 Å². The molecule has 1 aromatic carbocycles. The highest BCUT2D eigenvalue weighted by Gasteiger charge is 2.34. The number of benzene rings is 1. The second-order valence-electron chi connectivity index (χ2n) is 7.80. The lowest BCUT2D eigenvalue weighted by Crippen LogP contribution is -2.55. The number of alkyl carbamates (subject to hydrolysis) is 1. The highest BCUT2D eigenvalue weighted by Crippen LogP contribution is 2.16. The molecule has 0 spiro atoms. The Morgan fingerprint density at radius 3 is 2.23 bits per heavy atom. The Hall–Kier alpha value is -2.65. The van der Waals surface area contributed by atoms with Crippen LogP contribution in [0.1, 0.15) is 39.7 Å². The number of carbonyl (C=O) groups is 3. The predicted molar refractivity (Wildman–Crippen MR) is 109 cm³/mol. The van der Waals surface area contributed by atoms with E-state index in [0.29, 0.717) is 0 Å². The molecule has 0 aliphatic rings. The van der Waals surface area contributed by atoms with Crippen LogP contribution in [0.2, 0.25) is 0 Å². The molecule has 0 heterocycles. The first kappa shape index (κ1) is 25.4. The van der Waals surface area contributed by atoms with Crippen molar-refractivity contribution in [2.75, 3.05) is 14.2 Å². The van der Waals surface area contributed by atoms with Crippen molar-refractivity contribution < 1.29 is 33.7 Å². The molecule has 0 aliphatic heterocycles. The number of carbonyl (C=O) groups excluding carboxylic acids is 3. The number of nitrogens with zero attached hydrogens (tertiary/aromatic N) is 1. The molecule has 0 saturated heterocycles. The van der Waals surface area contributed by atoms with Crippen LogP contribution in [0.3, 0.4) is 0 Å². The fourth-order valence-corrected chi connectivity index (χ4v) is 2.65. The summed E-state index contributed by atoms with van der Waals surface area (Å²) in [5.74, 6) is -1.26. The lowest BCUT2D eigenvalue weighted by Gasteiger charge is -2.34. The maximum Gasteiger partial charge on any atom is 0.408 e. The van der Waals surface area contributed by atoms with Crippen molar-refractivity contribution in [3.8, 4) is 0 Å². The Morgan fingerprint density at radius 2 is 1.73 bits per heavy atom. The third-order valence-corrected chi connectivity index (χ3v) is 4.21. The highest BCUT2D eigenvalue weighted by molar-refractivity contribution is 5.89. The molecule has 1 rings (SSSR count). The molecule has 168 valence electrons. The lowest BCUT2D eigenvalue weighted by atomic mass is 10.1. The molecule has 3 atom stereocenters. The van der Waals surface area contributed by atoms with E-state index in [-0.39, 0.29) is 6.54 Å². The number of aliphatic hydroxyl groups is 1. The van der Waals surface area contributed by atoms with E-state index in [9.17, 15) is 19.5 Å². The molecule has 30 heavy (non-hydrogen) atoms. The normalized spacial score (nSPS) is 14.2. The van der Waals surface area contributed by atoms with Gasteiger partial charge in [-0.3, -0.25) is 9.59 Å². The fourth-order valence-electron chi connectivity index (χ4n) is 2.65. The van der Waals surface area contributed by atoms with Gasteiger partial charge in [0, 0.05) is 13.7 Å². The van der Waals surface area contributed by atoms with Crippen LogP contribution in [0.5, 0.6) is 0 Å². The van der Waals surface area contributed by atoms with Crippen LogP contribution in [-0.4, -0.2) is 66.2 Å². The molecule has 0 aromatic heterocycles. The van der Waals surface area contributed by atoms with Crippen molar-refractivity contribution in [2.24, 2.45) is 0 Å². The molecule has 1 unspecified atom stereocenters. The van der Waals surface area contributed by atoms with Gasteiger partial charge in [0.05, 0.1) is 19.6 Å². The molecular weight excluding hydrogens is 392 g/mol. The van der Waals surface area contributed by atoms with Crippen LogP contribution < -0.4 is 5.32 Å². The second kappa shape index (κ2) is 11.5. The first-order chi connectivity index (χ1) is 14.0. The quantitative estimate of drug-likeness (QED) is 0.459. The van der Waals surface area contributed by atoms with Gasteiger partial charge in [0.1, 0.15) is 11.6 Å². The minimum Gasteiger partial charge on any atom is -0.469 e. The summed E-state index contributed by atoms with van der Waals surface area (Å²) >= 11 is 0. The van der Waals surface area contributed by atoms with E-state index >= 15 is 0 Å². The molecular formula is C21H32N2O7. The number of esters is 1. The minimum absolute atomic E-state index is 0.134. The molecule has 0 aliphatic carbocycles. The maximum atomic E-state index is 13.3. The fraction of sp³-hybridized carbons (Fsp3) is 0.571. The number of aliphatic hydroxyl groups excluding tert-OH is 1. The highest BCUT2D eigenvalue weighted by atomic mass is 16.6. The molecule has 0 saturated carbocycles. The Kier molecular flexibility index (Phi) is 9.74. The number of nitrogens with one attached hydrogen (secondary N) is 1. The van der Waals surface area contributed by atoms with Crippen molar-refractivity contribution in [1.82, 2.24) is 10.2 Å². The Balaban J connectivity index is 3.17. The third kappa shape index (κ3) is 8.38. The van der Waals surface area contributed by atoms with Gasteiger partial charge in [-0.2, -0.15) is 0 Å². The SMILES string of the molecule is COC(=O)C[C@H](NC(=O)OC(C)(C)C)C(=O)N(Cc1ccccc1)[C@@H](C)C(O)OC. The molecule has 9 heteroatoms. The minimum atomic E-state index is -1.27. The number of ether oxygens (including phenoxy) is 3. The summed E-state index contributed by atoms with van der Waals surface area (Å²) in [6, 6.07) is 7.12. The molecule has 1 aromatic rings. The number of amides is 2. The topological polar surface area (TPSA) is 114 Å². The first-order valence-electron chi connectivity index (χ1n) is 9.60. The molecule has 9 nitrogen and oxygen atoms in total. The first-order valence-corrected chi connectivity index (χ1v) is 9.60. The molecule has 2 N–H and O–H groups in total. The molecule has 2 amide bonds.